The standard InChI is InChI=1S/C12H16N2O3/c1-7-6-9(4-5-10(7)15)12(17)14-8(2)11(16)13-3/h4-6,8,15H,1-3H3,(H,13,16)(H,14,17). The highest BCUT2D eigenvalue weighted by Crippen LogP contribution is 2.16. The molecule has 5 heteroatoms. The second-order valence-electron chi connectivity index (χ2n) is 3.81. The van der Waals surface area contributed by atoms with Gasteiger partial charge >= 0.3 is 0 Å². The maximum Gasteiger partial charge on any atom is 0.251 e. The van der Waals surface area contributed by atoms with Crippen molar-refractivity contribution in [1.29, 1.82) is 0 Å². The van der Waals surface area contributed by atoms with Gasteiger partial charge in [0, 0.05) is 12.6 Å². The van der Waals surface area contributed by atoms with Gasteiger partial charge in [0.15, 0.2) is 0 Å². The lowest BCUT2D eigenvalue weighted by Gasteiger charge is -2.12. The van der Waals surface area contributed by atoms with E-state index < -0.39 is 6.04 Å². The zero-order valence-electron chi connectivity index (χ0n) is 10.1. The van der Waals surface area contributed by atoms with Crippen LogP contribution in [0.5, 0.6) is 5.75 Å². The molecule has 0 saturated heterocycles. The molecular weight excluding hydrogens is 220 g/mol. The van der Waals surface area contributed by atoms with E-state index in [0.717, 1.165) is 0 Å². The van der Waals surface area contributed by atoms with Crippen molar-refractivity contribution in [3.8, 4) is 5.75 Å². The number of likely N-dealkylation sites (N-methyl/N-ethyl adjacent to an activating group) is 1. The average molecular weight is 236 g/mol. The van der Waals surface area contributed by atoms with Crippen molar-refractivity contribution in [2.24, 2.45) is 0 Å². The van der Waals surface area contributed by atoms with Gasteiger partial charge in [0.25, 0.3) is 5.91 Å². The van der Waals surface area contributed by atoms with Crippen LogP contribution in [0.25, 0.3) is 0 Å². The predicted octanol–water partition coefficient (Wildman–Crippen LogP) is 0.565. The molecule has 1 aromatic rings. The molecule has 1 aromatic carbocycles. The Kier molecular flexibility index (Phi) is 4.09. The Bertz CT molecular complexity index is 443. The van der Waals surface area contributed by atoms with Crippen molar-refractivity contribution >= 4 is 11.8 Å². The predicted molar refractivity (Wildman–Crippen MR) is 63.8 cm³/mol. The minimum absolute atomic E-state index is 0.140. The fraction of sp³-hybridized carbons (Fsp3) is 0.333. The van der Waals surface area contributed by atoms with Crippen LogP contribution in [0.15, 0.2) is 18.2 Å². The van der Waals surface area contributed by atoms with E-state index in [2.05, 4.69) is 10.6 Å². The summed E-state index contributed by atoms with van der Waals surface area (Å²) in [6.45, 7) is 3.30. The molecule has 3 N–H and O–H groups in total. The van der Waals surface area contributed by atoms with Gasteiger partial charge in [0.1, 0.15) is 11.8 Å². The van der Waals surface area contributed by atoms with Crippen LogP contribution in [-0.4, -0.2) is 30.0 Å². The highest BCUT2D eigenvalue weighted by atomic mass is 16.3. The van der Waals surface area contributed by atoms with Crippen LogP contribution < -0.4 is 10.6 Å². The van der Waals surface area contributed by atoms with E-state index >= 15 is 0 Å². The maximum absolute atomic E-state index is 11.8. The molecular formula is C12H16N2O3. The molecule has 1 unspecified atom stereocenters. The third-order valence-corrected chi connectivity index (χ3v) is 2.45. The summed E-state index contributed by atoms with van der Waals surface area (Å²) in [5.74, 6) is -0.459. The van der Waals surface area contributed by atoms with Crippen LogP contribution in [0.1, 0.15) is 22.8 Å². The van der Waals surface area contributed by atoms with Crippen LogP contribution in [0.3, 0.4) is 0 Å². The summed E-state index contributed by atoms with van der Waals surface area (Å²) in [5.41, 5.74) is 1.03. The molecule has 0 saturated carbocycles. The lowest BCUT2D eigenvalue weighted by atomic mass is 10.1. The molecule has 1 rings (SSSR count). The first-order valence-corrected chi connectivity index (χ1v) is 5.27. The van der Waals surface area contributed by atoms with Crippen LogP contribution in [-0.2, 0) is 4.79 Å². The van der Waals surface area contributed by atoms with Gasteiger partial charge in [-0.3, -0.25) is 9.59 Å². The second kappa shape index (κ2) is 5.34. The van der Waals surface area contributed by atoms with Gasteiger partial charge in [-0.25, -0.2) is 0 Å². The van der Waals surface area contributed by atoms with Crippen LogP contribution in [0, 0.1) is 6.92 Å². The number of aryl methyl sites for hydroxylation is 1. The van der Waals surface area contributed by atoms with E-state index in [-0.39, 0.29) is 17.6 Å². The lowest BCUT2D eigenvalue weighted by Crippen LogP contribution is -2.43. The first-order valence-electron chi connectivity index (χ1n) is 5.27. The third-order valence-electron chi connectivity index (χ3n) is 2.45. The van der Waals surface area contributed by atoms with Crippen LogP contribution >= 0.6 is 0 Å². The van der Waals surface area contributed by atoms with E-state index in [1.165, 1.54) is 19.2 Å². The van der Waals surface area contributed by atoms with Gasteiger partial charge in [-0.05, 0) is 37.6 Å². The minimum atomic E-state index is -0.596. The number of carbonyl (C=O) groups excluding carboxylic acids is 2. The molecule has 0 radical (unpaired) electrons. The van der Waals surface area contributed by atoms with E-state index in [1.54, 1.807) is 19.9 Å². The number of rotatable bonds is 3. The Hall–Kier alpha value is -2.04. The number of carbonyl (C=O) groups is 2. The molecule has 0 aliphatic rings. The maximum atomic E-state index is 11.8. The van der Waals surface area contributed by atoms with Gasteiger partial charge in [-0.2, -0.15) is 0 Å². The molecule has 92 valence electrons. The van der Waals surface area contributed by atoms with Crippen LogP contribution in [0.2, 0.25) is 0 Å². The van der Waals surface area contributed by atoms with Crippen molar-refractivity contribution in [2.75, 3.05) is 7.05 Å². The molecule has 2 amide bonds. The van der Waals surface area contributed by atoms with Crippen molar-refractivity contribution in [3.05, 3.63) is 29.3 Å². The second-order valence-corrected chi connectivity index (χ2v) is 3.81. The molecule has 0 aliphatic heterocycles. The number of nitrogens with one attached hydrogen (secondary N) is 2. The van der Waals surface area contributed by atoms with Gasteiger partial charge in [0.2, 0.25) is 5.91 Å². The van der Waals surface area contributed by atoms with Crippen molar-refractivity contribution in [2.45, 2.75) is 19.9 Å². The quantitative estimate of drug-likeness (QED) is 0.717. The van der Waals surface area contributed by atoms with Crippen LogP contribution in [0.4, 0.5) is 0 Å². The monoisotopic (exact) mass is 236 g/mol. The van der Waals surface area contributed by atoms with Gasteiger partial charge < -0.3 is 15.7 Å². The molecule has 0 bridgehead atoms. The molecule has 0 fully saturated rings. The summed E-state index contributed by atoms with van der Waals surface area (Å²) in [6, 6.07) is 3.94. The first-order chi connectivity index (χ1) is 7.95. The highest BCUT2D eigenvalue weighted by Gasteiger charge is 2.15. The Morgan fingerprint density at radius 1 is 1.35 bits per heavy atom. The molecule has 5 nitrogen and oxygen atoms in total. The number of phenolic OH excluding ortho intramolecular Hbond substituents is 1. The topological polar surface area (TPSA) is 78.4 Å². The zero-order valence-corrected chi connectivity index (χ0v) is 10.1. The fourth-order valence-corrected chi connectivity index (χ4v) is 1.36. The Balaban J connectivity index is 2.76. The number of benzene rings is 1. The van der Waals surface area contributed by atoms with E-state index in [4.69, 9.17) is 0 Å². The molecule has 17 heavy (non-hydrogen) atoms. The van der Waals surface area contributed by atoms with E-state index in [1.807, 2.05) is 0 Å². The molecule has 0 aliphatic carbocycles. The number of hydrogen-bond acceptors (Lipinski definition) is 3. The first kappa shape index (κ1) is 13.0. The van der Waals surface area contributed by atoms with Gasteiger partial charge in [-0.15, -0.1) is 0 Å². The third kappa shape index (κ3) is 3.21. The summed E-state index contributed by atoms with van der Waals surface area (Å²) >= 11 is 0. The Morgan fingerprint density at radius 3 is 2.53 bits per heavy atom. The summed E-state index contributed by atoms with van der Waals surface area (Å²) < 4.78 is 0. The number of aromatic hydroxyl groups is 1. The van der Waals surface area contributed by atoms with Crippen molar-refractivity contribution in [1.82, 2.24) is 10.6 Å². The smallest absolute Gasteiger partial charge is 0.251 e. The fourth-order valence-electron chi connectivity index (χ4n) is 1.36. The highest BCUT2D eigenvalue weighted by molar-refractivity contribution is 5.97. The summed E-state index contributed by atoms with van der Waals surface area (Å²) in [5, 5.41) is 14.3. The molecule has 0 spiro atoms. The van der Waals surface area contributed by atoms with E-state index in [9.17, 15) is 14.7 Å². The van der Waals surface area contributed by atoms with E-state index in [0.29, 0.717) is 11.1 Å². The summed E-state index contributed by atoms with van der Waals surface area (Å²) in [4.78, 5) is 23.0. The summed E-state index contributed by atoms with van der Waals surface area (Å²) in [7, 11) is 1.51. The zero-order chi connectivity index (χ0) is 13.0. The molecule has 1 atom stereocenters. The number of phenols is 1. The van der Waals surface area contributed by atoms with Crippen molar-refractivity contribution < 1.29 is 14.7 Å². The van der Waals surface area contributed by atoms with Gasteiger partial charge in [-0.1, -0.05) is 0 Å². The average Bonchev–Trinajstić information content (AvgIpc) is 2.31. The normalized spacial score (nSPS) is 11.7. The van der Waals surface area contributed by atoms with Gasteiger partial charge in [0.05, 0.1) is 0 Å². The SMILES string of the molecule is CNC(=O)C(C)NC(=O)c1ccc(O)c(C)c1. The Labute approximate surface area is 99.8 Å². The molecule has 0 aromatic heterocycles. The van der Waals surface area contributed by atoms with Crippen molar-refractivity contribution in [3.63, 3.8) is 0 Å². The minimum Gasteiger partial charge on any atom is -0.508 e. The lowest BCUT2D eigenvalue weighted by molar-refractivity contribution is -0.122. The largest absolute Gasteiger partial charge is 0.508 e. The molecule has 0 heterocycles. The Morgan fingerprint density at radius 2 is 2.00 bits per heavy atom. The summed E-state index contributed by atoms with van der Waals surface area (Å²) in [6.07, 6.45) is 0. The number of amides is 2. The number of hydrogen-bond donors (Lipinski definition) is 3.